The van der Waals surface area contributed by atoms with Gasteiger partial charge >= 0.3 is 13.7 Å². The molecule has 1 fully saturated rings. The zero-order chi connectivity index (χ0) is 29.9. The van der Waals surface area contributed by atoms with Crippen molar-refractivity contribution in [1.82, 2.24) is 24.6 Å². The Morgan fingerprint density at radius 2 is 2.00 bits per heavy atom. The van der Waals surface area contributed by atoms with Gasteiger partial charge < -0.3 is 24.4 Å². The number of carbonyl (C=O) groups excluding carboxylic acids is 1. The van der Waals surface area contributed by atoms with Crippen molar-refractivity contribution in [3.8, 4) is 5.75 Å². The van der Waals surface area contributed by atoms with E-state index in [1.807, 2.05) is 0 Å². The van der Waals surface area contributed by atoms with Gasteiger partial charge in [-0.25, -0.2) is 23.9 Å². The van der Waals surface area contributed by atoms with Crippen molar-refractivity contribution >= 4 is 42.3 Å². The molecule has 41 heavy (non-hydrogen) atoms. The number of aliphatic hydroxyl groups is 1. The van der Waals surface area contributed by atoms with Crippen LogP contribution in [-0.4, -0.2) is 80.2 Å². The number of nitrogens with zero attached hydrogens (tertiary/aromatic N) is 4. The molecule has 0 bridgehead atoms. The molecule has 1 aromatic carbocycles. The van der Waals surface area contributed by atoms with Gasteiger partial charge in [0.05, 0.1) is 24.9 Å². The maximum absolute atomic E-state index is 15.7. The molecule has 2 aromatic heterocycles. The summed E-state index contributed by atoms with van der Waals surface area (Å²) in [5.74, 6) is -0.132. The number of aryl methyl sites for hydroxylation is 1. The van der Waals surface area contributed by atoms with Crippen LogP contribution >= 0.6 is 19.3 Å². The number of benzene rings is 1. The van der Waals surface area contributed by atoms with Crippen LogP contribution < -0.4 is 14.9 Å². The lowest BCUT2D eigenvalue weighted by molar-refractivity contribution is -0.149. The topological polar surface area (TPSA) is 159 Å². The molecule has 3 heterocycles. The minimum atomic E-state index is -4.36. The predicted molar refractivity (Wildman–Crippen MR) is 149 cm³/mol. The third kappa shape index (κ3) is 6.63. The summed E-state index contributed by atoms with van der Waals surface area (Å²) in [6, 6.07) is 6.99. The first-order valence-electron chi connectivity index (χ1n) is 12.8. The van der Waals surface area contributed by atoms with E-state index in [2.05, 4.69) is 25.4 Å². The van der Waals surface area contributed by atoms with E-state index in [9.17, 15) is 14.5 Å². The molecule has 0 spiro atoms. The number of hydrogen-bond donors (Lipinski definition) is 3. The van der Waals surface area contributed by atoms with Crippen LogP contribution in [-0.2, 0) is 23.4 Å². The van der Waals surface area contributed by atoms with E-state index in [1.165, 1.54) is 30.0 Å². The Kier molecular flexibility index (Phi) is 9.52. The van der Waals surface area contributed by atoms with E-state index in [0.29, 0.717) is 17.2 Å². The largest absolute Gasteiger partial charge is 0.462 e. The van der Waals surface area contributed by atoms with Gasteiger partial charge in [-0.3, -0.25) is 13.9 Å². The summed E-state index contributed by atoms with van der Waals surface area (Å²) in [6.45, 7) is 5.77. The van der Waals surface area contributed by atoms with E-state index >= 15 is 4.39 Å². The molecular weight excluding hydrogens is 582 g/mol. The SMILES string of the molecule is CNc1nc(C)nc2c1ncn2[C@@H]1O[C@](CCl)(COP(=O)(N[C@H](C)C(=O)OC(C)C)Oc2ccccc2)[C@@H](O)[C@H]1F. The predicted octanol–water partition coefficient (Wildman–Crippen LogP) is 3.52. The number of aliphatic hydroxyl groups excluding tert-OH is 1. The summed E-state index contributed by atoms with van der Waals surface area (Å²) >= 11 is 6.23. The highest BCUT2D eigenvalue weighted by molar-refractivity contribution is 7.52. The second-order valence-electron chi connectivity index (χ2n) is 9.80. The molecule has 13 nitrogen and oxygen atoms in total. The summed E-state index contributed by atoms with van der Waals surface area (Å²) in [5.41, 5.74) is -1.23. The highest BCUT2D eigenvalue weighted by Gasteiger charge is 2.57. The molecule has 3 N–H and O–H groups in total. The molecule has 1 aliphatic heterocycles. The summed E-state index contributed by atoms with van der Waals surface area (Å²) < 4.78 is 53.4. The molecule has 0 saturated carbocycles. The van der Waals surface area contributed by atoms with Crippen LogP contribution in [0.15, 0.2) is 36.7 Å². The summed E-state index contributed by atoms with van der Waals surface area (Å²) in [6.07, 6.45) is -4.30. The first kappa shape index (κ1) is 31.1. The van der Waals surface area contributed by atoms with Crippen LogP contribution in [0.25, 0.3) is 11.2 Å². The molecule has 1 unspecified atom stereocenters. The molecule has 0 amide bonds. The minimum absolute atomic E-state index is 0.169. The highest BCUT2D eigenvalue weighted by Crippen LogP contribution is 2.49. The van der Waals surface area contributed by atoms with E-state index in [-0.39, 0.29) is 11.4 Å². The van der Waals surface area contributed by atoms with E-state index in [4.69, 9.17) is 30.1 Å². The molecule has 1 saturated heterocycles. The van der Waals surface area contributed by atoms with Crippen molar-refractivity contribution in [2.75, 3.05) is 24.9 Å². The maximum atomic E-state index is 15.7. The fourth-order valence-corrected chi connectivity index (χ4v) is 6.06. The average molecular weight is 615 g/mol. The molecule has 0 radical (unpaired) electrons. The number of aromatic nitrogens is 4. The smallest absolute Gasteiger partial charge is 0.459 e. The Bertz CT molecular complexity index is 1420. The number of carbonyl (C=O) groups is 1. The number of halogens is 2. The number of anilines is 1. The van der Waals surface area contributed by atoms with Gasteiger partial charge in [0.25, 0.3) is 0 Å². The number of para-hydroxylation sites is 1. The highest BCUT2D eigenvalue weighted by atomic mass is 35.5. The monoisotopic (exact) mass is 614 g/mol. The Labute approximate surface area is 241 Å². The van der Waals surface area contributed by atoms with Crippen molar-refractivity contribution in [3.05, 3.63) is 42.5 Å². The van der Waals surface area contributed by atoms with Gasteiger partial charge in [0.1, 0.15) is 29.3 Å². The summed E-state index contributed by atoms with van der Waals surface area (Å²) in [7, 11) is -2.69. The van der Waals surface area contributed by atoms with Gasteiger partial charge in [-0.15, -0.1) is 11.6 Å². The zero-order valence-electron chi connectivity index (χ0n) is 23.2. The second-order valence-corrected chi connectivity index (χ2v) is 11.8. The third-order valence-electron chi connectivity index (χ3n) is 6.24. The molecule has 224 valence electrons. The fourth-order valence-electron chi connectivity index (χ4n) is 4.21. The van der Waals surface area contributed by atoms with E-state index < -0.39 is 62.5 Å². The zero-order valence-corrected chi connectivity index (χ0v) is 24.8. The first-order chi connectivity index (χ1) is 19.4. The number of esters is 1. The standard InChI is InChI=1S/C25H33ClFN6O7P/c1-14(2)38-24(35)15(3)32-41(36,40-17-9-7-6-8-10-17)37-12-25(11-26)20(34)18(27)23(39-25)33-13-29-19-21(28-5)30-16(4)31-22(19)33/h6-10,13-15,18,20,23,34H,11-12H2,1-5H3,(H,32,36)(H,28,30,31)/t15-,18-,20+,23-,25-,41?/m1/s1. The lowest BCUT2D eigenvalue weighted by Crippen LogP contribution is -2.48. The first-order valence-corrected chi connectivity index (χ1v) is 14.9. The number of ether oxygens (including phenoxy) is 2. The summed E-state index contributed by atoms with van der Waals surface area (Å²) in [5, 5.41) is 16.5. The van der Waals surface area contributed by atoms with Crippen molar-refractivity contribution in [2.45, 2.75) is 63.9 Å². The number of fused-ring (bicyclic) bond motifs is 1. The maximum Gasteiger partial charge on any atom is 0.459 e. The van der Waals surface area contributed by atoms with Crippen molar-refractivity contribution in [2.24, 2.45) is 0 Å². The van der Waals surface area contributed by atoms with Crippen LogP contribution in [0.1, 0.15) is 32.8 Å². The third-order valence-corrected chi connectivity index (χ3v) is 8.32. The van der Waals surface area contributed by atoms with Gasteiger partial charge in [0.2, 0.25) is 0 Å². The van der Waals surface area contributed by atoms with Crippen LogP contribution in [0.2, 0.25) is 0 Å². The van der Waals surface area contributed by atoms with Crippen molar-refractivity contribution in [1.29, 1.82) is 0 Å². The van der Waals surface area contributed by atoms with Gasteiger partial charge in [-0.1, -0.05) is 18.2 Å². The van der Waals surface area contributed by atoms with Crippen molar-refractivity contribution in [3.63, 3.8) is 0 Å². The molecule has 6 atom stereocenters. The van der Waals surface area contributed by atoms with Crippen molar-refractivity contribution < 1.29 is 37.4 Å². The minimum Gasteiger partial charge on any atom is -0.462 e. The number of hydrogen-bond acceptors (Lipinski definition) is 11. The Balaban J connectivity index is 1.61. The van der Waals surface area contributed by atoms with E-state index in [0.717, 1.165) is 0 Å². The number of nitrogens with one attached hydrogen (secondary N) is 2. The Hall–Kier alpha value is -2.87. The fraction of sp³-hybridized carbons (Fsp3) is 0.520. The van der Waals surface area contributed by atoms with Gasteiger partial charge in [0, 0.05) is 7.05 Å². The normalized spacial score (nSPS) is 24.8. The van der Waals surface area contributed by atoms with Crippen LogP contribution in [0, 0.1) is 6.92 Å². The number of imidazole rings is 1. The quantitative estimate of drug-likeness (QED) is 0.155. The lowest BCUT2D eigenvalue weighted by atomic mass is 9.99. The molecule has 16 heteroatoms. The number of rotatable bonds is 12. The second kappa shape index (κ2) is 12.6. The molecule has 1 aliphatic rings. The Morgan fingerprint density at radius 1 is 1.29 bits per heavy atom. The van der Waals surface area contributed by atoms with Crippen LogP contribution in [0.5, 0.6) is 5.75 Å². The Morgan fingerprint density at radius 3 is 2.63 bits per heavy atom. The van der Waals surface area contributed by atoms with Gasteiger partial charge in [-0.05, 0) is 39.8 Å². The van der Waals surface area contributed by atoms with Crippen LogP contribution in [0.4, 0.5) is 10.2 Å². The molecule has 0 aliphatic carbocycles. The van der Waals surface area contributed by atoms with E-state index in [1.54, 1.807) is 46.0 Å². The van der Waals surface area contributed by atoms with Gasteiger partial charge in [0.15, 0.2) is 29.4 Å². The summed E-state index contributed by atoms with van der Waals surface area (Å²) in [4.78, 5) is 25.3. The average Bonchev–Trinajstić information content (AvgIpc) is 3.46. The lowest BCUT2D eigenvalue weighted by Gasteiger charge is -2.31. The molecule has 4 rings (SSSR count). The molecule has 3 aromatic rings. The van der Waals surface area contributed by atoms with Gasteiger partial charge in [-0.2, -0.15) is 5.09 Å². The number of alkyl halides is 2. The van der Waals surface area contributed by atoms with Crippen LogP contribution in [0.3, 0.4) is 0 Å². The molecular formula is C25H33ClFN6O7P.